The molecule has 1 aliphatic carbocycles. The first-order chi connectivity index (χ1) is 37.6. The van der Waals surface area contributed by atoms with Gasteiger partial charge in [-0.25, -0.2) is 0 Å². The fourth-order valence-electron chi connectivity index (χ4n) is 12.6. The van der Waals surface area contributed by atoms with Crippen LogP contribution in [0.25, 0.3) is 54.9 Å². The maximum Gasteiger partial charge on any atom is 0.198 e. The summed E-state index contributed by atoms with van der Waals surface area (Å²) in [5.74, 6) is 0. The van der Waals surface area contributed by atoms with Gasteiger partial charge in [0.25, 0.3) is 0 Å². The molecule has 4 heteroatoms. The van der Waals surface area contributed by atoms with Crippen LogP contribution in [0.3, 0.4) is 0 Å². The number of hydrogen-bond donors (Lipinski definition) is 1. The van der Waals surface area contributed by atoms with Gasteiger partial charge in [0.2, 0.25) is 0 Å². The summed E-state index contributed by atoms with van der Waals surface area (Å²) in [5, 5.41) is 8.93. The summed E-state index contributed by atoms with van der Waals surface area (Å²) < 4.78 is 0. The van der Waals surface area contributed by atoms with Gasteiger partial charge in [-0.15, -0.1) is 0 Å². The molecule has 11 aromatic rings. The van der Waals surface area contributed by atoms with Crippen molar-refractivity contribution in [2.24, 2.45) is 0 Å². The van der Waals surface area contributed by atoms with Crippen molar-refractivity contribution in [1.82, 2.24) is 0 Å². The molecule has 0 bridgehead atoms. The molecule has 0 fully saturated rings. The molecule has 0 amide bonds. The first kappa shape index (κ1) is 49.0. The van der Waals surface area contributed by atoms with Gasteiger partial charge in [0, 0.05) is 61.6 Å². The Hall–Kier alpha value is -8.60. The molecule has 1 aliphatic heterocycles. The van der Waals surface area contributed by atoms with Crippen molar-refractivity contribution >= 4 is 85.2 Å². The largest absolute Gasteiger partial charge is 0.355 e. The van der Waals surface area contributed by atoms with Crippen LogP contribution >= 0.6 is 0 Å². The van der Waals surface area contributed by atoms with Crippen LogP contribution in [0.5, 0.6) is 0 Å². The molecular weight excluding hydrogens is 942 g/mol. The summed E-state index contributed by atoms with van der Waals surface area (Å²) in [6.45, 7) is 20.7. The Morgan fingerprint density at radius 3 is 1.74 bits per heavy atom. The summed E-state index contributed by atoms with van der Waals surface area (Å²) in [5.41, 5.74) is 25.6. The molecule has 0 saturated carbocycles. The molecule has 1 heterocycles. The predicted octanol–water partition coefficient (Wildman–Crippen LogP) is 18.9. The maximum atomic E-state index is 4.11. The van der Waals surface area contributed by atoms with Gasteiger partial charge < -0.3 is 15.1 Å². The highest BCUT2D eigenvalue weighted by atomic mass is 15.2. The third-order valence-corrected chi connectivity index (χ3v) is 16.9. The van der Waals surface area contributed by atoms with E-state index in [0.29, 0.717) is 0 Å². The van der Waals surface area contributed by atoms with E-state index in [9.17, 15) is 0 Å². The van der Waals surface area contributed by atoms with Crippen molar-refractivity contribution in [1.29, 1.82) is 0 Å². The van der Waals surface area contributed by atoms with Gasteiger partial charge in [0.1, 0.15) is 0 Å². The molecule has 78 heavy (non-hydrogen) atoms. The molecule has 2 aliphatic rings. The second kappa shape index (κ2) is 18.6. The lowest BCUT2D eigenvalue weighted by molar-refractivity contribution is 0.590. The Morgan fingerprint density at radius 2 is 1.05 bits per heavy atom. The maximum absolute atomic E-state index is 4.11. The highest BCUT2D eigenvalue weighted by molar-refractivity contribution is 6.74. The molecule has 0 aromatic heterocycles. The zero-order valence-electron chi connectivity index (χ0n) is 46.5. The summed E-state index contributed by atoms with van der Waals surface area (Å²) in [7, 11) is 0.751. The second-order valence-electron chi connectivity index (χ2n) is 24.4. The number of aryl methyl sites for hydroxylation is 1. The fraction of sp³-hybridized carbons (Fsp3) is 0.162. The quantitative estimate of drug-likeness (QED) is 0.153. The van der Waals surface area contributed by atoms with Crippen LogP contribution in [-0.2, 0) is 16.2 Å². The monoisotopic (exact) mass is 1010 g/mol. The van der Waals surface area contributed by atoms with Crippen molar-refractivity contribution in [3.05, 3.63) is 252 Å². The summed E-state index contributed by atoms with van der Waals surface area (Å²) >= 11 is 0. The number of fused-ring (bicyclic) bond motifs is 8. The smallest absolute Gasteiger partial charge is 0.198 e. The fourth-order valence-corrected chi connectivity index (χ4v) is 12.6. The number of hydrogen-bond acceptors (Lipinski definition) is 3. The topological polar surface area (TPSA) is 18.5 Å². The van der Waals surface area contributed by atoms with Gasteiger partial charge >= 0.3 is 0 Å². The van der Waals surface area contributed by atoms with Crippen LogP contribution in [0.2, 0.25) is 0 Å². The second-order valence-corrected chi connectivity index (χ2v) is 24.4. The van der Waals surface area contributed by atoms with E-state index >= 15 is 0 Å². The highest BCUT2D eigenvalue weighted by Crippen LogP contribution is 2.51. The third-order valence-electron chi connectivity index (χ3n) is 16.9. The third kappa shape index (κ3) is 8.37. The molecule has 380 valence electrons. The van der Waals surface area contributed by atoms with Gasteiger partial charge in [-0.05, 0) is 156 Å². The lowest BCUT2D eigenvalue weighted by atomic mass is 9.57. The Kier molecular flexibility index (Phi) is 11.7. The van der Waals surface area contributed by atoms with Crippen molar-refractivity contribution < 1.29 is 0 Å². The molecule has 1 N–H and O–H groups in total. The Bertz CT molecular complexity index is 4080. The molecule has 0 atom stereocenters. The molecule has 0 radical (unpaired) electrons. The normalized spacial score (nSPS) is 13.4. The minimum absolute atomic E-state index is 0.0304. The average molecular weight is 1010 g/mol. The number of benzene rings is 11. The molecule has 0 saturated heterocycles. The minimum Gasteiger partial charge on any atom is -0.355 e. The molecular formula is C74H66BN3. The standard InChI is InChI=1S/C74H66BN3/c1-47-43-50(48-19-11-10-12-20-48)28-42-67(47)78-68-46-57(77(55-34-29-52(30-35-55)72(2,3)4)56-36-31-53(32-37-56)73(5,6)7)38-41-66(68)75-69-63(44-51-22-14-16-24-59(51)71(69)78)62-39-27-49-21-13-15-23-58(49)70(62)76-54-33-40-61-60-25-17-18-26-64(60)74(8,9)65(61)45-54/h10-46,75-76H,1-9H3. The number of rotatable bonds is 8. The van der Waals surface area contributed by atoms with Crippen LogP contribution in [-0.4, -0.2) is 7.28 Å². The average Bonchev–Trinajstić information content (AvgIpc) is 3.77. The SMILES string of the molecule is Cc1cc(-c2ccccc2)ccc1N1c2cc(N(c3ccc(C(C)(C)C)cc3)c3ccc(C(C)(C)C)cc3)ccc2Bc2c(-c3ccc4ccccc4c3Nc3ccc4c(c3)C(C)(C)c3ccccc3-4)cc3ccccc3c21. The van der Waals surface area contributed by atoms with Gasteiger partial charge in [0.05, 0.1) is 5.69 Å². The molecule has 11 aromatic carbocycles. The van der Waals surface area contributed by atoms with Crippen molar-refractivity contribution in [2.75, 3.05) is 15.1 Å². The van der Waals surface area contributed by atoms with Crippen LogP contribution < -0.4 is 26.0 Å². The Balaban J connectivity index is 1.03. The first-order valence-electron chi connectivity index (χ1n) is 27.8. The molecule has 0 unspecified atom stereocenters. The van der Waals surface area contributed by atoms with Crippen LogP contribution in [0.1, 0.15) is 83.2 Å². The highest BCUT2D eigenvalue weighted by Gasteiger charge is 2.36. The lowest BCUT2D eigenvalue weighted by Crippen LogP contribution is -2.41. The Morgan fingerprint density at radius 1 is 0.449 bits per heavy atom. The van der Waals surface area contributed by atoms with E-state index < -0.39 is 0 Å². The van der Waals surface area contributed by atoms with E-state index in [4.69, 9.17) is 0 Å². The molecule has 13 rings (SSSR count). The van der Waals surface area contributed by atoms with E-state index in [1.807, 2.05) is 0 Å². The van der Waals surface area contributed by atoms with E-state index in [1.54, 1.807) is 0 Å². The zero-order valence-corrected chi connectivity index (χ0v) is 46.5. The van der Waals surface area contributed by atoms with Crippen LogP contribution in [0, 0.1) is 6.92 Å². The number of nitrogens with zero attached hydrogens (tertiary/aromatic N) is 2. The van der Waals surface area contributed by atoms with Crippen LogP contribution in [0.15, 0.2) is 224 Å². The summed E-state index contributed by atoms with van der Waals surface area (Å²) in [6, 6.07) is 84.3. The summed E-state index contributed by atoms with van der Waals surface area (Å²) in [4.78, 5) is 5.05. The minimum atomic E-state index is -0.123. The zero-order chi connectivity index (χ0) is 53.7. The van der Waals surface area contributed by atoms with Gasteiger partial charge in [0.15, 0.2) is 7.28 Å². The van der Waals surface area contributed by atoms with E-state index in [-0.39, 0.29) is 16.2 Å². The predicted molar refractivity (Wildman–Crippen MR) is 338 cm³/mol. The molecule has 3 nitrogen and oxygen atoms in total. The van der Waals surface area contributed by atoms with Gasteiger partial charge in [-0.2, -0.15) is 0 Å². The molecule has 0 spiro atoms. The van der Waals surface area contributed by atoms with Crippen molar-refractivity contribution in [3.8, 4) is 33.4 Å². The first-order valence-corrected chi connectivity index (χ1v) is 27.8. The van der Waals surface area contributed by atoms with E-state index in [1.165, 1.54) is 105 Å². The van der Waals surface area contributed by atoms with E-state index in [0.717, 1.165) is 41.4 Å². The number of anilines is 8. The van der Waals surface area contributed by atoms with Crippen molar-refractivity contribution in [3.63, 3.8) is 0 Å². The summed E-state index contributed by atoms with van der Waals surface area (Å²) in [6.07, 6.45) is 0. The Labute approximate surface area is 462 Å². The number of nitrogens with one attached hydrogen (secondary N) is 1. The van der Waals surface area contributed by atoms with Gasteiger partial charge in [-0.1, -0.05) is 219 Å². The van der Waals surface area contributed by atoms with Crippen molar-refractivity contribution in [2.45, 2.75) is 78.6 Å². The van der Waals surface area contributed by atoms with Gasteiger partial charge in [-0.3, -0.25) is 0 Å². The van der Waals surface area contributed by atoms with E-state index in [2.05, 4.69) is 302 Å². The lowest BCUT2D eigenvalue weighted by Gasteiger charge is -2.38. The van der Waals surface area contributed by atoms with Crippen LogP contribution in [0.4, 0.5) is 45.5 Å².